The smallest absolute Gasteiger partial charge is 0.407 e. The van der Waals surface area contributed by atoms with Crippen LogP contribution in [0.3, 0.4) is 0 Å². The Balaban J connectivity index is 2.79. The average Bonchev–Trinajstić information content (AvgIpc) is 2.01. The Morgan fingerprint density at radius 3 is 2.62 bits per heavy atom. The summed E-state index contributed by atoms with van der Waals surface area (Å²) < 4.78 is 0. The molecular weight excluding hydrogens is 172 g/mol. The molecule has 0 saturated carbocycles. The second-order valence-corrected chi connectivity index (χ2v) is 3.84. The molecular formula is C8H14N2O3. The molecule has 1 amide bonds. The van der Waals surface area contributed by atoms with Gasteiger partial charge in [0.1, 0.15) is 0 Å². The third-order valence-corrected chi connectivity index (χ3v) is 2.36. The fraction of sp³-hybridized carbons (Fsp3) is 0.750. The highest BCUT2D eigenvalue weighted by Crippen LogP contribution is 2.25. The molecule has 5 heteroatoms. The maximum Gasteiger partial charge on any atom is 0.407 e. The van der Waals surface area contributed by atoms with E-state index in [1.807, 2.05) is 13.8 Å². The molecule has 1 heterocycles. The lowest BCUT2D eigenvalue weighted by Gasteiger charge is -2.40. The van der Waals surface area contributed by atoms with Gasteiger partial charge in [0, 0.05) is 24.9 Å². The first-order valence-electron chi connectivity index (χ1n) is 4.18. The van der Waals surface area contributed by atoms with Gasteiger partial charge in [0.05, 0.1) is 5.71 Å². The van der Waals surface area contributed by atoms with Crippen LogP contribution in [-0.4, -0.2) is 39.1 Å². The minimum atomic E-state index is -0.915. The van der Waals surface area contributed by atoms with Crippen molar-refractivity contribution in [3.8, 4) is 0 Å². The predicted molar refractivity (Wildman–Crippen MR) is 47.3 cm³/mol. The van der Waals surface area contributed by atoms with Crippen LogP contribution in [0, 0.1) is 0 Å². The van der Waals surface area contributed by atoms with Crippen LogP contribution in [0.25, 0.3) is 0 Å². The van der Waals surface area contributed by atoms with Gasteiger partial charge in [-0.1, -0.05) is 5.16 Å². The van der Waals surface area contributed by atoms with E-state index in [0.717, 1.165) is 0 Å². The Labute approximate surface area is 76.6 Å². The van der Waals surface area contributed by atoms with E-state index < -0.39 is 11.6 Å². The molecule has 0 aromatic heterocycles. The Morgan fingerprint density at radius 1 is 1.62 bits per heavy atom. The van der Waals surface area contributed by atoms with Gasteiger partial charge in [0.2, 0.25) is 0 Å². The number of hydrogen-bond acceptors (Lipinski definition) is 3. The van der Waals surface area contributed by atoms with E-state index in [1.165, 1.54) is 4.90 Å². The number of piperidine rings is 1. The number of carbonyl (C=O) groups is 1. The minimum absolute atomic E-state index is 0.404. The Bertz CT molecular complexity index is 248. The molecule has 0 atom stereocenters. The largest absolute Gasteiger partial charge is 0.465 e. The van der Waals surface area contributed by atoms with Crippen molar-refractivity contribution >= 4 is 11.8 Å². The number of hydrogen-bond donors (Lipinski definition) is 2. The van der Waals surface area contributed by atoms with E-state index in [4.69, 9.17) is 10.3 Å². The van der Waals surface area contributed by atoms with Crippen molar-refractivity contribution in [1.29, 1.82) is 0 Å². The highest BCUT2D eigenvalue weighted by atomic mass is 16.4. The van der Waals surface area contributed by atoms with Crippen LogP contribution in [0.15, 0.2) is 5.16 Å². The summed E-state index contributed by atoms with van der Waals surface area (Å²) in [6.45, 7) is 4.05. The number of likely N-dealkylation sites (tertiary alicyclic amines) is 1. The maximum absolute atomic E-state index is 10.8. The molecule has 1 rings (SSSR count). The van der Waals surface area contributed by atoms with Crippen molar-refractivity contribution in [3.05, 3.63) is 0 Å². The van der Waals surface area contributed by atoms with Gasteiger partial charge in [-0.15, -0.1) is 0 Å². The van der Waals surface area contributed by atoms with Crippen LogP contribution in [0.4, 0.5) is 4.79 Å². The molecule has 2 N–H and O–H groups in total. The third kappa shape index (κ3) is 1.91. The molecule has 0 aliphatic carbocycles. The summed E-state index contributed by atoms with van der Waals surface area (Å²) in [7, 11) is 0. The third-order valence-electron chi connectivity index (χ3n) is 2.36. The summed E-state index contributed by atoms with van der Waals surface area (Å²) in [6.07, 6.45) is 0.101. The van der Waals surface area contributed by atoms with E-state index in [0.29, 0.717) is 25.1 Å². The molecule has 0 spiro atoms. The van der Waals surface area contributed by atoms with Gasteiger partial charge in [-0.05, 0) is 13.8 Å². The van der Waals surface area contributed by atoms with Gasteiger partial charge in [-0.2, -0.15) is 0 Å². The van der Waals surface area contributed by atoms with Crippen molar-refractivity contribution in [1.82, 2.24) is 4.90 Å². The summed E-state index contributed by atoms with van der Waals surface area (Å²) >= 11 is 0. The first-order valence-corrected chi connectivity index (χ1v) is 4.18. The van der Waals surface area contributed by atoms with Crippen LogP contribution in [0.2, 0.25) is 0 Å². The van der Waals surface area contributed by atoms with Gasteiger partial charge in [0.25, 0.3) is 0 Å². The van der Waals surface area contributed by atoms with Crippen molar-refractivity contribution in [2.75, 3.05) is 6.54 Å². The zero-order valence-corrected chi connectivity index (χ0v) is 7.82. The van der Waals surface area contributed by atoms with E-state index in [-0.39, 0.29) is 0 Å². The fourth-order valence-electron chi connectivity index (χ4n) is 1.67. The van der Waals surface area contributed by atoms with Crippen molar-refractivity contribution < 1.29 is 15.1 Å². The highest BCUT2D eigenvalue weighted by molar-refractivity contribution is 5.87. The molecule has 74 valence electrons. The molecule has 5 nitrogen and oxygen atoms in total. The summed E-state index contributed by atoms with van der Waals surface area (Å²) in [6, 6.07) is 0. The van der Waals surface area contributed by atoms with Crippen molar-refractivity contribution in [2.45, 2.75) is 32.2 Å². The Kier molecular flexibility index (Phi) is 2.45. The van der Waals surface area contributed by atoms with Crippen LogP contribution < -0.4 is 0 Å². The molecule has 0 unspecified atom stereocenters. The molecule has 0 radical (unpaired) electrons. The minimum Gasteiger partial charge on any atom is -0.465 e. The van der Waals surface area contributed by atoms with E-state index in [9.17, 15) is 4.79 Å². The van der Waals surface area contributed by atoms with Gasteiger partial charge >= 0.3 is 6.09 Å². The summed E-state index contributed by atoms with van der Waals surface area (Å²) in [5.41, 5.74) is 0.202. The lowest BCUT2D eigenvalue weighted by Crippen LogP contribution is -2.52. The zero-order chi connectivity index (χ0) is 10.1. The monoisotopic (exact) mass is 186 g/mol. The lowest BCUT2D eigenvalue weighted by atomic mass is 9.89. The van der Waals surface area contributed by atoms with Crippen molar-refractivity contribution in [3.63, 3.8) is 0 Å². The molecule has 1 aliphatic rings. The number of amides is 1. The SMILES string of the molecule is CC1(C)C/C(=N/O)CCN1C(=O)O. The number of carboxylic acid groups (broad SMARTS) is 1. The molecule has 0 aromatic carbocycles. The van der Waals surface area contributed by atoms with Crippen molar-refractivity contribution in [2.24, 2.45) is 5.16 Å². The first kappa shape index (κ1) is 9.83. The summed E-state index contributed by atoms with van der Waals surface area (Å²) in [5.74, 6) is 0. The fourth-order valence-corrected chi connectivity index (χ4v) is 1.67. The van der Waals surface area contributed by atoms with E-state index >= 15 is 0 Å². The number of rotatable bonds is 0. The number of oxime groups is 1. The molecule has 1 fully saturated rings. The quantitative estimate of drug-likeness (QED) is 0.443. The van der Waals surface area contributed by atoms with Crippen LogP contribution in [0.5, 0.6) is 0 Å². The van der Waals surface area contributed by atoms with E-state index in [2.05, 4.69) is 5.16 Å². The van der Waals surface area contributed by atoms with Gasteiger partial charge in [0.15, 0.2) is 0 Å². The Morgan fingerprint density at radius 2 is 2.23 bits per heavy atom. The normalized spacial score (nSPS) is 24.8. The molecule has 1 saturated heterocycles. The molecule has 13 heavy (non-hydrogen) atoms. The van der Waals surface area contributed by atoms with E-state index in [1.54, 1.807) is 0 Å². The van der Waals surface area contributed by atoms with Gasteiger partial charge in [-0.25, -0.2) is 4.79 Å². The predicted octanol–water partition coefficient (Wildman–Crippen LogP) is 1.37. The first-order chi connectivity index (χ1) is 5.97. The highest BCUT2D eigenvalue weighted by Gasteiger charge is 2.36. The van der Waals surface area contributed by atoms with Crippen LogP contribution >= 0.6 is 0 Å². The van der Waals surface area contributed by atoms with Crippen LogP contribution in [-0.2, 0) is 0 Å². The summed E-state index contributed by atoms with van der Waals surface area (Å²) in [4.78, 5) is 12.2. The maximum atomic E-state index is 10.8. The van der Waals surface area contributed by atoms with Gasteiger partial charge < -0.3 is 15.2 Å². The average molecular weight is 186 g/mol. The molecule has 0 aromatic rings. The summed E-state index contributed by atoms with van der Waals surface area (Å²) in [5, 5.41) is 20.6. The standard InChI is InChI=1S/C8H14N2O3/c1-8(2)5-6(9-13)3-4-10(8)7(11)12/h13H,3-5H2,1-2H3,(H,11,12)/b9-6+. The number of nitrogens with zero attached hydrogens (tertiary/aromatic N) is 2. The second-order valence-electron chi connectivity index (χ2n) is 3.84. The molecule has 0 bridgehead atoms. The van der Waals surface area contributed by atoms with Crippen LogP contribution in [0.1, 0.15) is 26.7 Å². The molecule has 1 aliphatic heterocycles. The van der Waals surface area contributed by atoms with Gasteiger partial charge in [-0.3, -0.25) is 0 Å². The Hall–Kier alpha value is -1.26. The lowest BCUT2D eigenvalue weighted by molar-refractivity contribution is 0.0894. The zero-order valence-electron chi connectivity index (χ0n) is 7.82. The second kappa shape index (κ2) is 3.24. The topological polar surface area (TPSA) is 73.1 Å².